The smallest absolute Gasteiger partial charge is 0.0834 e. The molecule has 1 aromatic heterocycles. The van der Waals surface area contributed by atoms with Gasteiger partial charge in [-0.25, -0.2) is 0 Å². The average Bonchev–Trinajstić information content (AvgIpc) is 3.02. The summed E-state index contributed by atoms with van der Waals surface area (Å²) < 4.78 is 2.11. The van der Waals surface area contributed by atoms with E-state index in [1.807, 2.05) is 6.20 Å². The van der Waals surface area contributed by atoms with Crippen molar-refractivity contribution in [3.8, 4) is 0 Å². The van der Waals surface area contributed by atoms with Crippen LogP contribution in [-0.4, -0.2) is 16.3 Å². The zero-order chi connectivity index (χ0) is 14.3. The summed E-state index contributed by atoms with van der Waals surface area (Å²) in [4.78, 5) is 0. The van der Waals surface area contributed by atoms with Crippen molar-refractivity contribution in [2.75, 3.05) is 6.54 Å². The van der Waals surface area contributed by atoms with Gasteiger partial charge in [0.1, 0.15) is 0 Å². The molecule has 3 atom stereocenters. The lowest BCUT2D eigenvalue weighted by Gasteiger charge is -2.22. The SMILES string of the molecule is CCNC(c1c(Cl)cnn1C(C)C)C1C2CCCCC21. The summed E-state index contributed by atoms with van der Waals surface area (Å²) in [6.45, 7) is 7.52. The van der Waals surface area contributed by atoms with Crippen LogP contribution in [0.1, 0.15) is 64.2 Å². The molecule has 1 heterocycles. The van der Waals surface area contributed by atoms with Gasteiger partial charge in [0.15, 0.2) is 0 Å². The lowest BCUT2D eigenvalue weighted by molar-refractivity contribution is 0.400. The van der Waals surface area contributed by atoms with Crippen molar-refractivity contribution in [3.63, 3.8) is 0 Å². The first-order valence-electron chi connectivity index (χ1n) is 8.11. The first kappa shape index (κ1) is 14.4. The normalized spacial score (nSPS) is 30.4. The van der Waals surface area contributed by atoms with E-state index in [4.69, 9.17) is 11.6 Å². The first-order chi connectivity index (χ1) is 9.65. The third-order valence-electron chi connectivity index (χ3n) is 5.10. The fourth-order valence-corrected chi connectivity index (χ4v) is 4.48. The zero-order valence-corrected chi connectivity index (χ0v) is 13.5. The molecule has 2 fully saturated rings. The number of nitrogens with zero attached hydrogens (tertiary/aromatic N) is 2. The maximum atomic E-state index is 6.47. The van der Waals surface area contributed by atoms with E-state index < -0.39 is 0 Å². The molecule has 3 unspecified atom stereocenters. The molecule has 2 aliphatic rings. The Morgan fingerprint density at radius 1 is 1.35 bits per heavy atom. The number of aromatic nitrogens is 2. The molecule has 1 N–H and O–H groups in total. The minimum absolute atomic E-state index is 0.361. The van der Waals surface area contributed by atoms with E-state index in [1.54, 1.807) is 0 Å². The molecule has 0 bridgehead atoms. The van der Waals surface area contributed by atoms with Gasteiger partial charge in [-0.15, -0.1) is 0 Å². The van der Waals surface area contributed by atoms with Crippen molar-refractivity contribution >= 4 is 11.6 Å². The number of halogens is 1. The summed E-state index contributed by atoms with van der Waals surface area (Å²) in [6.07, 6.45) is 7.45. The van der Waals surface area contributed by atoms with Gasteiger partial charge in [-0.1, -0.05) is 31.4 Å². The summed E-state index contributed by atoms with van der Waals surface area (Å²) in [6, 6.07) is 0.741. The molecule has 0 saturated heterocycles. The van der Waals surface area contributed by atoms with E-state index in [-0.39, 0.29) is 0 Å². The number of rotatable bonds is 5. The van der Waals surface area contributed by atoms with E-state index in [0.29, 0.717) is 12.1 Å². The van der Waals surface area contributed by atoms with Crippen LogP contribution in [0.4, 0.5) is 0 Å². The number of fused-ring (bicyclic) bond motifs is 1. The monoisotopic (exact) mass is 295 g/mol. The third-order valence-corrected chi connectivity index (χ3v) is 5.39. The Hall–Kier alpha value is -0.540. The first-order valence-corrected chi connectivity index (χ1v) is 8.49. The molecule has 4 heteroatoms. The van der Waals surface area contributed by atoms with Gasteiger partial charge in [-0.2, -0.15) is 5.10 Å². The molecular weight excluding hydrogens is 270 g/mol. The van der Waals surface area contributed by atoms with Crippen LogP contribution < -0.4 is 5.32 Å². The quantitative estimate of drug-likeness (QED) is 0.882. The number of nitrogens with one attached hydrogen (secondary N) is 1. The highest BCUT2D eigenvalue weighted by atomic mass is 35.5. The van der Waals surface area contributed by atoms with Crippen LogP contribution >= 0.6 is 11.6 Å². The third kappa shape index (κ3) is 2.39. The largest absolute Gasteiger partial charge is 0.309 e. The highest BCUT2D eigenvalue weighted by Gasteiger charge is 2.55. The van der Waals surface area contributed by atoms with Gasteiger partial charge < -0.3 is 5.32 Å². The summed E-state index contributed by atoms with van der Waals surface area (Å²) >= 11 is 6.47. The second-order valence-electron chi connectivity index (χ2n) is 6.64. The van der Waals surface area contributed by atoms with Crippen LogP contribution in [0.5, 0.6) is 0 Å². The summed E-state index contributed by atoms with van der Waals surface area (Å²) in [7, 11) is 0. The van der Waals surface area contributed by atoms with E-state index in [0.717, 1.165) is 29.3 Å². The molecule has 0 spiro atoms. The minimum atomic E-state index is 0.361. The van der Waals surface area contributed by atoms with Crippen LogP contribution in [-0.2, 0) is 0 Å². The molecule has 2 saturated carbocycles. The molecule has 112 valence electrons. The van der Waals surface area contributed by atoms with Crippen molar-refractivity contribution in [3.05, 3.63) is 16.9 Å². The second kappa shape index (κ2) is 5.69. The summed E-state index contributed by atoms with van der Waals surface area (Å²) in [5, 5.41) is 9.01. The lowest BCUT2D eigenvalue weighted by Crippen LogP contribution is -2.27. The molecule has 2 aliphatic carbocycles. The maximum Gasteiger partial charge on any atom is 0.0834 e. The lowest BCUT2D eigenvalue weighted by atomic mass is 10.0. The molecule has 20 heavy (non-hydrogen) atoms. The fraction of sp³-hybridized carbons (Fsp3) is 0.812. The van der Waals surface area contributed by atoms with Gasteiger partial charge in [0.2, 0.25) is 0 Å². The van der Waals surface area contributed by atoms with E-state index in [2.05, 4.69) is 35.9 Å². The number of hydrogen-bond donors (Lipinski definition) is 1. The van der Waals surface area contributed by atoms with E-state index in [1.165, 1.54) is 31.4 Å². The minimum Gasteiger partial charge on any atom is -0.309 e. The highest BCUT2D eigenvalue weighted by molar-refractivity contribution is 6.31. The van der Waals surface area contributed by atoms with Crippen molar-refractivity contribution in [1.82, 2.24) is 15.1 Å². The Kier molecular flexibility index (Phi) is 4.09. The van der Waals surface area contributed by atoms with Gasteiger partial charge in [0.05, 0.1) is 23.0 Å². The van der Waals surface area contributed by atoms with Gasteiger partial charge in [0.25, 0.3) is 0 Å². The van der Waals surface area contributed by atoms with Crippen LogP contribution in [0.25, 0.3) is 0 Å². The molecule has 0 aliphatic heterocycles. The standard InChI is InChI=1S/C16H26ClN3/c1-4-18-15(14-11-7-5-6-8-12(11)14)16-13(17)9-19-20(16)10(2)3/h9-12,14-15,18H,4-8H2,1-3H3. The Morgan fingerprint density at radius 3 is 2.55 bits per heavy atom. The van der Waals surface area contributed by atoms with Crippen LogP contribution in [0.15, 0.2) is 6.20 Å². The molecule has 3 nitrogen and oxygen atoms in total. The Labute approximate surface area is 127 Å². The van der Waals surface area contributed by atoms with Crippen molar-refractivity contribution in [1.29, 1.82) is 0 Å². The van der Waals surface area contributed by atoms with Gasteiger partial charge >= 0.3 is 0 Å². The van der Waals surface area contributed by atoms with Gasteiger partial charge in [-0.05, 0) is 51.0 Å². The molecular formula is C16H26ClN3. The summed E-state index contributed by atoms with van der Waals surface area (Å²) in [5.74, 6) is 2.60. The van der Waals surface area contributed by atoms with Crippen LogP contribution in [0.2, 0.25) is 5.02 Å². The Morgan fingerprint density at radius 2 is 2.00 bits per heavy atom. The van der Waals surface area contributed by atoms with Crippen molar-refractivity contribution in [2.24, 2.45) is 17.8 Å². The van der Waals surface area contributed by atoms with Gasteiger partial charge in [-0.3, -0.25) is 4.68 Å². The fourth-order valence-electron chi connectivity index (χ4n) is 4.23. The second-order valence-corrected chi connectivity index (χ2v) is 7.05. The molecule has 0 aromatic carbocycles. The van der Waals surface area contributed by atoms with E-state index in [9.17, 15) is 0 Å². The Bertz CT molecular complexity index is 456. The zero-order valence-electron chi connectivity index (χ0n) is 12.8. The van der Waals surface area contributed by atoms with Crippen molar-refractivity contribution in [2.45, 2.75) is 58.5 Å². The average molecular weight is 296 g/mol. The van der Waals surface area contributed by atoms with Crippen LogP contribution in [0.3, 0.4) is 0 Å². The van der Waals surface area contributed by atoms with Crippen LogP contribution in [0, 0.1) is 17.8 Å². The van der Waals surface area contributed by atoms with E-state index >= 15 is 0 Å². The molecule has 1 aromatic rings. The van der Waals surface area contributed by atoms with Gasteiger partial charge in [0, 0.05) is 6.04 Å². The predicted octanol–water partition coefficient (Wildman–Crippen LogP) is 4.20. The highest BCUT2D eigenvalue weighted by Crippen LogP contribution is 2.60. The Balaban J connectivity index is 1.89. The van der Waals surface area contributed by atoms with Crippen molar-refractivity contribution < 1.29 is 0 Å². The molecule has 0 radical (unpaired) electrons. The number of hydrogen-bond acceptors (Lipinski definition) is 2. The molecule has 3 rings (SSSR count). The summed E-state index contributed by atoms with van der Waals surface area (Å²) in [5.41, 5.74) is 1.21. The predicted molar refractivity (Wildman–Crippen MR) is 83.0 cm³/mol. The molecule has 0 amide bonds. The maximum absolute atomic E-state index is 6.47. The topological polar surface area (TPSA) is 29.9 Å².